The molecule has 1 saturated heterocycles. The van der Waals surface area contributed by atoms with Gasteiger partial charge in [-0.3, -0.25) is 28.6 Å². The lowest BCUT2D eigenvalue weighted by Gasteiger charge is -2.35. The largest absolute Gasteiger partial charge is 0.474 e. The van der Waals surface area contributed by atoms with E-state index in [9.17, 15) is 19.5 Å². The van der Waals surface area contributed by atoms with Crippen molar-refractivity contribution in [3.63, 3.8) is 0 Å². The number of hydrogen-bond acceptors (Lipinski definition) is 13. The van der Waals surface area contributed by atoms with E-state index in [0.717, 1.165) is 66.1 Å². The van der Waals surface area contributed by atoms with Gasteiger partial charge in [0, 0.05) is 83.4 Å². The second kappa shape index (κ2) is 19.9. The zero-order valence-electron chi connectivity index (χ0n) is 40.2. The number of amides is 3. The number of benzene rings is 2. The number of carbonyl (C=O) groups excluding carboxylic acids is 3. The van der Waals surface area contributed by atoms with Crippen LogP contribution in [0.2, 0.25) is 5.02 Å². The third kappa shape index (κ3) is 9.77. The van der Waals surface area contributed by atoms with Gasteiger partial charge in [0.2, 0.25) is 23.6 Å². The van der Waals surface area contributed by atoms with Crippen molar-refractivity contribution >= 4 is 57.7 Å². The first-order valence-electron chi connectivity index (χ1n) is 23.8. The van der Waals surface area contributed by atoms with E-state index in [2.05, 4.69) is 49.7 Å². The van der Waals surface area contributed by atoms with Gasteiger partial charge in [-0.05, 0) is 74.1 Å². The fraction of sp³-hybridized carbons (Fsp3) is 0.365. The molecule has 2 aromatic carbocycles. The topological polar surface area (TPSA) is 195 Å². The Morgan fingerprint density at radius 2 is 1.69 bits per heavy atom. The van der Waals surface area contributed by atoms with Crippen molar-refractivity contribution in [1.82, 2.24) is 50.0 Å². The van der Waals surface area contributed by atoms with Crippen LogP contribution in [0.15, 0.2) is 89.8 Å². The third-order valence-electron chi connectivity index (χ3n) is 13.6. The molecule has 71 heavy (non-hydrogen) atoms. The Bertz CT molecular complexity index is 3150. The van der Waals surface area contributed by atoms with Crippen molar-refractivity contribution in [1.29, 1.82) is 0 Å². The van der Waals surface area contributed by atoms with Gasteiger partial charge < -0.3 is 25.4 Å². The number of likely N-dealkylation sites (tertiary alicyclic amines) is 1. The van der Waals surface area contributed by atoms with E-state index in [-0.39, 0.29) is 61.7 Å². The molecule has 1 aliphatic carbocycles. The molecule has 3 N–H and O–H groups in total. The number of nitrogens with zero attached hydrogens (tertiary/aromatic N) is 9. The summed E-state index contributed by atoms with van der Waals surface area (Å²) in [5.41, 5.74) is 10.2. The Balaban J connectivity index is 0.757. The molecule has 3 aliphatic rings. The molecule has 4 atom stereocenters. The lowest BCUT2D eigenvalue weighted by atomic mass is 9.89. The van der Waals surface area contributed by atoms with Crippen molar-refractivity contribution in [2.75, 3.05) is 6.54 Å². The number of fused-ring (bicyclic) bond motifs is 3. The van der Waals surface area contributed by atoms with E-state index in [1.807, 2.05) is 105 Å². The number of thiophene rings is 1. The highest BCUT2D eigenvalue weighted by Gasteiger charge is 2.43. The van der Waals surface area contributed by atoms with Crippen molar-refractivity contribution in [3.8, 4) is 32.4 Å². The van der Waals surface area contributed by atoms with E-state index in [4.69, 9.17) is 21.3 Å². The number of thiazole rings is 1. The number of hydrogen-bond donors (Lipinski definition) is 3. The molecule has 0 unspecified atom stereocenters. The number of pyridine rings is 1. The second-order valence-electron chi connectivity index (χ2n) is 18.9. The summed E-state index contributed by atoms with van der Waals surface area (Å²) in [6.07, 6.45) is 5.64. The van der Waals surface area contributed by atoms with Crippen LogP contribution in [0, 0.1) is 33.6 Å². The number of β-amino-alcohol motifs (C(OH)–C–C–N with tert-alkyl or cyclic N) is 1. The summed E-state index contributed by atoms with van der Waals surface area (Å²) in [7, 11) is 0. The van der Waals surface area contributed by atoms with Crippen LogP contribution in [-0.4, -0.2) is 98.8 Å². The van der Waals surface area contributed by atoms with E-state index in [1.165, 1.54) is 9.78 Å². The zero-order chi connectivity index (χ0) is 49.7. The maximum Gasteiger partial charge on any atom is 0.248 e. The first kappa shape index (κ1) is 48.0. The van der Waals surface area contributed by atoms with Gasteiger partial charge in [0.1, 0.15) is 35.1 Å². The summed E-state index contributed by atoms with van der Waals surface area (Å²) in [5.74, 6) is 0.863. The van der Waals surface area contributed by atoms with Gasteiger partial charge in [-0.15, -0.1) is 32.9 Å². The smallest absolute Gasteiger partial charge is 0.248 e. The maximum atomic E-state index is 14.3. The predicted octanol–water partition coefficient (Wildman–Crippen LogP) is 8.08. The Hall–Kier alpha value is -6.60. The number of ether oxygens (including phenoxy) is 1. The van der Waals surface area contributed by atoms with Crippen LogP contribution in [0.3, 0.4) is 0 Å². The van der Waals surface area contributed by atoms with Gasteiger partial charge in [0.15, 0.2) is 5.82 Å². The number of aliphatic hydroxyl groups is 1. The molecule has 19 heteroatoms. The number of aromatic nitrogens is 7. The van der Waals surface area contributed by atoms with Gasteiger partial charge in [0.05, 0.1) is 40.5 Å². The first-order valence-corrected chi connectivity index (χ1v) is 25.8. The average molecular weight is 1010 g/mol. The molecule has 3 amide bonds. The number of carbonyl (C=O) groups is 3. The van der Waals surface area contributed by atoms with Crippen LogP contribution in [0.1, 0.15) is 96.1 Å². The number of aliphatic hydroxyl groups excluding tert-OH is 1. The number of aryl methyl sites for hydroxylation is 3. The van der Waals surface area contributed by atoms with Crippen LogP contribution in [0.5, 0.6) is 5.88 Å². The number of nitrogens with one attached hydrogen (secondary N) is 2. The van der Waals surface area contributed by atoms with Crippen LogP contribution in [0.4, 0.5) is 0 Å². The summed E-state index contributed by atoms with van der Waals surface area (Å²) in [6, 6.07) is 17.1. The summed E-state index contributed by atoms with van der Waals surface area (Å²) >= 11 is 9.53. The monoisotopic (exact) mass is 1010 g/mol. The Morgan fingerprint density at radius 3 is 2.42 bits per heavy atom. The molecule has 0 spiro atoms. The van der Waals surface area contributed by atoms with Crippen molar-refractivity contribution < 1.29 is 24.2 Å². The molecule has 10 rings (SSSR count). The molecule has 1 saturated carbocycles. The first-order chi connectivity index (χ1) is 34.2. The van der Waals surface area contributed by atoms with Gasteiger partial charge in [-0.2, -0.15) is 5.10 Å². The summed E-state index contributed by atoms with van der Waals surface area (Å²) in [5, 5.41) is 32.1. The molecule has 0 bridgehead atoms. The molecule has 366 valence electrons. The predicted molar refractivity (Wildman–Crippen MR) is 273 cm³/mol. The Kier molecular flexibility index (Phi) is 13.5. The highest BCUT2D eigenvalue weighted by Crippen LogP contribution is 2.40. The Morgan fingerprint density at radius 1 is 0.930 bits per heavy atom. The van der Waals surface area contributed by atoms with Gasteiger partial charge in [0.25, 0.3) is 0 Å². The fourth-order valence-corrected chi connectivity index (χ4v) is 11.8. The zero-order valence-corrected chi connectivity index (χ0v) is 42.6. The minimum absolute atomic E-state index is 0.0503. The molecule has 7 heterocycles. The lowest BCUT2D eigenvalue weighted by molar-refractivity contribution is -0.142. The van der Waals surface area contributed by atoms with Crippen molar-refractivity contribution in [3.05, 3.63) is 134 Å². The normalized spacial score (nSPS) is 19.9. The van der Waals surface area contributed by atoms with Crippen molar-refractivity contribution in [2.45, 2.75) is 110 Å². The summed E-state index contributed by atoms with van der Waals surface area (Å²) in [4.78, 5) is 59.5. The molecule has 2 aliphatic heterocycles. The average Bonchev–Trinajstić information content (AvgIpc) is 4.19. The highest BCUT2D eigenvalue weighted by molar-refractivity contribution is 7.15. The van der Waals surface area contributed by atoms with E-state index in [0.29, 0.717) is 29.6 Å². The van der Waals surface area contributed by atoms with E-state index in [1.54, 1.807) is 39.7 Å². The van der Waals surface area contributed by atoms with Crippen molar-refractivity contribution in [2.24, 2.45) is 10.9 Å². The third-order valence-corrected chi connectivity index (χ3v) is 16.0. The van der Waals surface area contributed by atoms with E-state index >= 15 is 0 Å². The number of rotatable bonds is 14. The molecular formula is C52H54ClN11O5S2. The maximum absolute atomic E-state index is 14.3. The molecular weight excluding hydrogens is 958 g/mol. The highest BCUT2D eigenvalue weighted by atomic mass is 35.5. The number of halogens is 1. The fourth-order valence-electron chi connectivity index (χ4n) is 9.68. The molecule has 2 fully saturated rings. The summed E-state index contributed by atoms with van der Waals surface area (Å²) < 4.78 is 9.99. The van der Waals surface area contributed by atoms with Crippen LogP contribution >= 0.6 is 34.3 Å². The van der Waals surface area contributed by atoms with Crippen LogP contribution < -0.4 is 15.4 Å². The molecule has 16 nitrogen and oxygen atoms in total. The SMILES string of the molecule is Cc1ncsc1-c1ccc(CNC(=O)[C@@H]2C[C@@H](O)CN2C(=O)[C@H](C(C)C)n2cc(-c3ccnc(OC4CC(NC(=O)C[C@@H]5N=C(c6ccc(Cl)cc6)c6c(sc(C)c6C)-n6c(C)nnc65)C4)c3)cn2)cc1. The second-order valence-corrected chi connectivity index (χ2v) is 21.4. The minimum atomic E-state index is -0.830. The molecule has 5 aromatic heterocycles. The van der Waals surface area contributed by atoms with Crippen LogP contribution in [-0.2, 0) is 20.9 Å². The summed E-state index contributed by atoms with van der Waals surface area (Å²) in [6.45, 7) is 12.3. The standard InChI is InChI=1S/C52H54ClN11O5S2/c1-27(2)47(51(68)62-25-39(65)20-42(62)50(67)55-22-32-7-9-34(10-8-32)48-29(4)56-26-70-48)63-24-36(23-57-63)35-15-16-54-44(17-35)69-40-18-38(19-40)58-43(66)21-41-49-61-60-31(6)64(49)52-45(28(3)30(5)71-52)46(59-41)33-11-13-37(53)14-12-33/h7-17,23-24,26-27,38-42,47,65H,18-22,25H2,1-6H3,(H,55,67)(H,58,66)/t38?,39-,40?,41+,42+,47+/m1/s1. The van der Waals surface area contributed by atoms with Crippen LogP contribution in [0.25, 0.3) is 26.6 Å². The quantitative estimate of drug-likeness (QED) is 0.0959. The van der Waals surface area contributed by atoms with Gasteiger partial charge >= 0.3 is 0 Å². The molecule has 0 radical (unpaired) electrons. The minimum Gasteiger partial charge on any atom is -0.474 e. The van der Waals surface area contributed by atoms with Gasteiger partial charge in [-0.1, -0.05) is 61.8 Å². The number of aliphatic imine (C=N–C) groups is 1. The van der Waals surface area contributed by atoms with Gasteiger partial charge in [-0.25, -0.2) is 9.97 Å². The van der Waals surface area contributed by atoms with E-state index < -0.39 is 24.2 Å². The Labute approximate surface area is 424 Å². The lowest BCUT2D eigenvalue weighted by Crippen LogP contribution is -2.49. The molecule has 7 aromatic rings.